The van der Waals surface area contributed by atoms with E-state index in [1.807, 2.05) is 18.2 Å². The highest BCUT2D eigenvalue weighted by atomic mass is 16.5. The van der Waals surface area contributed by atoms with Gasteiger partial charge >= 0.3 is 0 Å². The first-order chi connectivity index (χ1) is 9.24. The SMILES string of the molecule is COc1cccc2c1C1(CCC2=O)CC2=CCC1C2. The molecule has 0 saturated heterocycles. The maximum Gasteiger partial charge on any atom is 0.163 e. The van der Waals surface area contributed by atoms with Gasteiger partial charge in [-0.05, 0) is 37.7 Å². The van der Waals surface area contributed by atoms with Crippen molar-refractivity contribution in [3.63, 3.8) is 0 Å². The molecule has 0 heterocycles. The van der Waals surface area contributed by atoms with Crippen LogP contribution in [-0.4, -0.2) is 12.9 Å². The second-order valence-electron chi connectivity index (χ2n) is 6.14. The largest absolute Gasteiger partial charge is 0.496 e. The molecule has 4 rings (SSSR count). The molecule has 0 amide bonds. The predicted octanol–water partition coefficient (Wildman–Crippen LogP) is 3.65. The monoisotopic (exact) mass is 254 g/mol. The van der Waals surface area contributed by atoms with Gasteiger partial charge in [0.05, 0.1) is 7.11 Å². The van der Waals surface area contributed by atoms with Crippen LogP contribution in [0.5, 0.6) is 5.75 Å². The van der Waals surface area contributed by atoms with E-state index in [0.29, 0.717) is 12.3 Å². The Kier molecular flexibility index (Phi) is 2.21. The summed E-state index contributed by atoms with van der Waals surface area (Å²) in [6, 6.07) is 5.95. The molecule has 1 aromatic carbocycles. The minimum atomic E-state index is 0.180. The number of hydrogen-bond acceptors (Lipinski definition) is 2. The third-order valence-corrected chi connectivity index (χ3v) is 5.37. The number of ketones is 1. The van der Waals surface area contributed by atoms with Crippen molar-refractivity contribution < 1.29 is 9.53 Å². The van der Waals surface area contributed by atoms with Crippen LogP contribution in [0.25, 0.3) is 0 Å². The lowest BCUT2D eigenvalue weighted by molar-refractivity contribution is 0.0937. The number of fused-ring (bicyclic) bond motifs is 5. The molecule has 0 aromatic heterocycles. The Balaban J connectivity index is 1.96. The van der Waals surface area contributed by atoms with Crippen LogP contribution < -0.4 is 4.74 Å². The van der Waals surface area contributed by atoms with Crippen molar-refractivity contribution in [1.82, 2.24) is 0 Å². The fourth-order valence-electron chi connectivity index (χ4n) is 4.54. The lowest BCUT2D eigenvalue weighted by atomic mass is 9.62. The van der Waals surface area contributed by atoms with E-state index in [2.05, 4.69) is 6.08 Å². The van der Waals surface area contributed by atoms with Gasteiger partial charge in [0.25, 0.3) is 0 Å². The van der Waals surface area contributed by atoms with E-state index in [9.17, 15) is 4.79 Å². The van der Waals surface area contributed by atoms with Gasteiger partial charge in [-0.1, -0.05) is 23.8 Å². The number of carbonyl (C=O) groups excluding carboxylic acids is 1. The summed E-state index contributed by atoms with van der Waals surface area (Å²) in [5, 5.41) is 0. The zero-order chi connectivity index (χ0) is 13.0. The van der Waals surface area contributed by atoms with Gasteiger partial charge in [0.2, 0.25) is 0 Å². The summed E-state index contributed by atoms with van der Waals surface area (Å²) in [7, 11) is 1.72. The quantitative estimate of drug-likeness (QED) is 0.715. The van der Waals surface area contributed by atoms with Crippen LogP contribution >= 0.6 is 0 Å². The third-order valence-electron chi connectivity index (χ3n) is 5.37. The Morgan fingerprint density at radius 1 is 1.37 bits per heavy atom. The second kappa shape index (κ2) is 3.72. The number of benzene rings is 1. The van der Waals surface area contributed by atoms with Crippen molar-refractivity contribution in [2.24, 2.45) is 5.92 Å². The van der Waals surface area contributed by atoms with Crippen molar-refractivity contribution in [3.05, 3.63) is 41.0 Å². The minimum Gasteiger partial charge on any atom is -0.496 e. The number of ether oxygens (including phenoxy) is 1. The maximum absolute atomic E-state index is 12.2. The number of hydrogen-bond donors (Lipinski definition) is 0. The van der Waals surface area contributed by atoms with Crippen LogP contribution in [0.3, 0.4) is 0 Å². The molecular weight excluding hydrogens is 236 g/mol. The molecule has 0 N–H and O–H groups in total. The average Bonchev–Trinajstić information content (AvgIpc) is 3.04. The molecular formula is C17H18O2. The van der Waals surface area contributed by atoms with E-state index in [0.717, 1.165) is 24.2 Å². The van der Waals surface area contributed by atoms with Crippen molar-refractivity contribution in [2.75, 3.05) is 7.11 Å². The Labute approximate surface area is 113 Å². The zero-order valence-corrected chi connectivity index (χ0v) is 11.2. The highest BCUT2D eigenvalue weighted by Gasteiger charge is 2.52. The van der Waals surface area contributed by atoms with Crippen LogP contribution in [-0.2, 0) is 5.41 Å². The van der Waals surface area contributed by atoms with Crippen LogP contribution in [0.2, 0.25) is 0 Å². The molecule has 0 radical (unpaired) electrons. The van der Waals surface area contributed by atoms with Gasteiger partial charge < -0.3 is 4.74 Å². The van der Waals surface area contributed by atoms with Gasteiger partial charge in [-0.3, -0.25) is 4.79 Å². The Hall–Kier alpha value is -1.57. The highest BCUT2D eigenvalue weighted by Crippen LogP contribution is 2.60. The van der Waals surface area contributed by atoms with Gasteiger partial charge in [0, 0.05) is 23.0 Å². The average molecular weight is 254 g/mol. The molecule has 2 nitrogen and oxygen atoms in total. The Morgan fingerprint density at radius 3 is 2.95 bits per heavy atom. The summed E-state index contributed by atoms with van der Waals surface area (Å²) in [6.07, 6.45) is 7.65. The molecule has 1 fully saturated rings. The van der Waals surface area contributed by atoms with Gasteiger partial charge in [-0.2, -0.15) is 0 Å². The fraction of sp³-hybridized carbons (Fsp3) is 0.471. The van der Waals surface area contributed by atoms with Crippen molar-refractivity contribution in [3.8, 4) is 5.75 Å². The highest BCUT2D eigenvalue weighted by molar-refractivity contribution is 6.00. The summed E-state index contributed by atoms with van der Waals surface area (Å²) < 4.78 is 5.58. The van der Waals surface area contributed by atoms with Crippen LogP contribution in [0.1, 0.15) is 48.0 Å². The number of allylic oxidation sites excluding steroid dienone is 2. The van der Waals surface area contributed by atoms with E-state index < -0.39 is 0 Å². The van der Waals surface area contributed by atoms with Crippen LogP contribution in [0.15, 0.2) is 29.8 Å². The van der Waals surface area contributed by atoms with Crippen molar-refractivity contribution in [1.29, 1.82) is 0 Å². The van der Waals surface area contributed by atoms with E-state index in [1.165, 1.54) is 18.4 Å². The molecule has 2 unspecified atom stereocenters. The molecule has 2 heteroatoms. The lowest BCUT2D eigenvalue weighted by Gasteiger charge is -2.41. The standard InChI is InChI=1S/C17H18O2/c1-19-15-4-2-3-13-14(18)7-8-17(16(13)15)10-11-5-6-12(17)9-11/h2-5,12H,6-10H2,1H3. The number of carbonyl (C=O) groups is 1. The first-order valence-corrected chi connectivity index (χ1v) is 7.13. The maximum atomic E-state index is 12.2. The topological polar surface area (TPSA) is 26.3 Å². The molecule has 0 aliphatic heterocycles. The summed E-state index contributed by atoms with van der Waals surface area (Å²) in [5.74, 6) is 1.89. The number of methoxy groups -OCH3 is 1. The van der Waals surface area contributed by atoms with E-state index >= 15 is 0 Å². The smallest absolute Gasteiger partial charge is 0.163 e. The first kappa shape index (κ1) is 11.3. The lowest BCUT2D eigenvalue weighted by Crippen LogP contribution is -2.37. The summed E-state index contributed by atoms with van der Waals surface area (Å²) >= 11 is 0. The zero-order valence-electron chi connectivity index (χ0n) is 11.2. The molecule has 3 aliphatic carbocycles. The van der Waals surface area contributed by atoms with Gasteiger partial charge in [0.1, 0.15) is 5.75 Å². The summed E-state index contributed by atoms with van der Waals surface area (Å²) in [4.78, 5) is 12.2. The predicted molar refractivity (Wildman–Crippen MR) is 73.7 cm³/mol. The van der Waals surface area contributed by atoms with Gasteiger partial charge in [-0.25, -0.2) is 0 Å². The van der Waals surface area contributed by atoms with E-state index in [1.54, 1.807) is 12.7 Å². The van der Waals surface area contributed by atoms with Crippen molar-refractivity contribution >= 4 is 5.78 Å². The molecule has 19 heavy (non-hydrogen) atoms. The Morgan fingerprint density at radius 2 is 2.26 bits per heavy atom. The summed E-state index contributed by atoms with van der Waals surface area (Å²) in [6.45, 7) is 0. The van der Waals surface area contributed by atoms with Crippen molar-refractivity contribution in [2.45, 2.75) is 37.5 Å². The molecule has 98 valence electrons. The number of rotatable bonds is 1. The molecule has 3 aliphatic rings. The second-order valence-corrected chi connectivity index (χ2v) is 6.14. The third kappa shape index (κ3) is 1.35. The normalized spacial score (nSPS) is 31.5. The first-order valence-electron chi connectivity index (χ1n) is 7.13. The Bertz CT molecular complexity index is 599. The molecule has 1 aromatic rings. The van der Waals surface area contributed by atoms with Crippen LogP contribution in [0, 0.1) is 5.92 Å². The number of Topliss-reactive ketones (excluding diaryl/α,β-unsaturated/α-hetero) is 1. The molecule has 2 atom stereocenters. The molecule has 2 bridgehead atoms. The molecule has 1 spiro atoms. The van der Waals surface area contributed by atoms with E-state index in [4.69, 9.17) is 4.74 Å². The molecule has 1 saturated carbocycles. The van der Waals surface area contributed by atoms with Gasteiger partial charge in [-0.15, -0.1) is 0 Å². The minimum absolute atomic E-state index is 0.180. The fourth-order valence-corrected chi connectivity index (χ4v) is 4.54. The van der Waals surface area contributed by atoms with E-state index in [-0.39, 0.29) is 11.2 Å². The van der Waals surface area contributed by atoms with Crippen LogP contribution in [0.4, 0.5) is 0 Å². The van der Waals surface area contributed by atoms with Gasteiger partial charge in [0.15, 0.2) is 5.78 Å². The summed E-state index contributed by atoms with van der Waals surface area (Å²) in [5.41, 5.74) is 3.90.